The van der Waals surface area contributed by atoms with Gasteiger partial charge in [-0.05, 0) is 43.3 Å². The Kier molecular flexibility index (Phi) is 5.40. The van der Waals surface area contributed by atoms with Gasteiger partial charge in [0.25, 0.3) is 5.56 Å². The average molecular weight is 450 g/mol. The molecule has 0 spiro atoms. The Morgan fingerprint density at radius 1 is 1.28 bits per heavy atom. The molecular formula is C20H20ClN3O3S2. The van der Waals surface area contributed by atoms with Crippen LogP contribution < -0.4 is 5.56 Å². The van der Waals surface area contributed by atoms with Crippen molar-refractivity contribution in [3.05, 3.63) is 50.1 Å². The molecule has 4 heterocycles. The molecule has 0 atom stereocenters. The zero-order chi connectivity index (χ0) is 20.0. The topological polar surface area (TPSA) is 56.6 Å². The lowest BCUT2D eigenvalue weighted by Gasteiger charge is -2.21. The first-order valence-electron chi connectivity index (χ1n) is 9.48. The highest BCUT2D eigenvalue weighted by Crippen LogP contribution is 2.34. The monoisotopic (exact) mass is 449 g/mol. The van der Waals surface area contributed by atoms with Crippen molar-refractivity contribution < 1.29 is 9.47 Å². The zero-order valence-electron chi connectivity index (χ0n) is 15.9. The number of rotatable bonds is 4. The van der Waals surface area contributed by atoms with Crippen LogP contribution in [-0.4, -0.2) is 53.3 Å². The van der Waals surface area contributed by atoms with Crippen molar-refractivity contribution in [1.29, 1.82) is 0 Å². The van der Waals surface area contributed by atoms with Crippen LogP contribution in [0.25, 0.3) is 15.9 Å². The van der Waals surface area contributed by atoms with Crippen LogP contribution in [0.1, 0.15) is 10.4 Å². The Bertz CT molecular complexity index is 1110. The summed E-state index contributed by atoms with van der Waals surface area (Å²) >= 11 is 9.18. The van der Waals surface area contributed by atoms with E-state index in [9.17, 15) is 4.79 Å². The van der Waals surface area contributed by atoms with Crippen LogP contribution in [0.3, 0.4) is 0 Å². The molecule has 0 saturated carbocycles. The number of thioether (sulfide) groups is 1. The lowest BCUT2D eigenvalue weighted by molar-refractivity contribution is -0.0215. The predicted molar refractivity (Wildman–Crippen MR) is 117 cm³/mol. The van der Waals surface area contributed by atoms with Crippen LogP contribution >= 0.6 is 34.7 Å². The molecule has 1 aromatic carbocycles. The van der Waals surface area contributed by atoms with Crippen LogP contribution in [0.4, 0.5) is 0 Å². The maximum atomic E-state index is 13.7. The lowest BCUT2D eigenvalue weighted by Crippen LogP contribution is -2.27. The van der Waals surface area contributed by atoms with Gasteiger partial charge in [0.2, 0.25) is 0 Å². The maximum Gasteiger partial charge on any atom is 0.267 e. The van der Waals surface area contributed by atoms with E-state index in [-0.39, 0.29) is 11.8 Å². The molecule has 5 rings (SSSR count). The van der Waals surface area contributed by atoms with Gasteiger partial charge in [-0.25, -0.2) is 4.98 Å². The first-order chi connectivity index (χ1) is 14.1. The second kappa shape index (κ2) is 8.02. The standard InChI is InChI=1S/C20H20ClN3O3S2/c1-23-7-6-14-15(10-23)29-18-17(14)19(25)24(13-4-2-12(21)3-5-13)20(22-18)28-11-16-26-8-9-27-16/h2-5,16H,6-11H2,1H3. The molecule has 0 N–H and O–H groups in total. The Labute approximate surface area is 181 Å². The number of likely N-dealkylation sites (N-methyl/N-ethyl adjacent to an activating group) is 1. The Hall–Kier alpha value is -1.42. The van der Waals surface area contributed by atoms with Crippen molar-refractivity contribution in [3.8, 4) is 5.69 Å². The minimum Gasteiger partial charge on any atom is -0.349 e. The van der Waals surface area contributed by atoms with Crippen molar-refractivity contribution in [1.82, 2.24) is 14.5 Å². The molecule has 2 aliphatic heterocycles. The predicted octanol–water partition coefficient (Wildman–Crippen LogP) is 3.55. The van der Waals surface area contributed by atoms with Gasteiger partial charge in [0.1, 0.15) is 4.83 Å². The van der Waals surface area contributed by atoms with E-state index in [1.165, 1.54) is 16.6 Å². The molecular weight excluding hydrogens is 430 g/mol. The fourth-order valence-electron chi connectivity index (χ4n) is 3.71. The summed E-state index contributed by atoms with van der Waals surface area (Å²) in [7, 11) is 2.11. The van der Waals surface area contributed by atoms with Gasteiger partial charge in [-0.15, -0.1) is 11.3 Å². The molecule has 0 aliphatic carbocycles. The van der Waals surface area contributed by atoms with Crippen molar-refractivity contribution in [2.75, 3.05) is 32.6 Å². The van der Waals surface area contributed by atoms with E-state index < -0.39 is 0 Å². The summed E-state index contributed by atoms with van der Waals surface area (Å²) in [5, 5.41) is 2.04. The van der Waals surface area contributed by atoms with E-state index in [1.807, 2.05) is 12.1 Å². The Morgan fingerprint density at radius 2 is 2.03 bits per heavy atom. The molecule has 1 fully saturated rings. The fraction of sp³-hybridized carbons (Fsp3) is 0.400. The molecule has 0 bridgehead atoms. The zero-order valence-corrected chi connectivity index (χ0v) is 18.3. The van der Waals surface area contributed by atoms with E-state index in [0.717, 1.165) is 41.0 Å². The number of fused-ring (bicyclic) bond motifs is 3. The number of ether oxygens (including phenoxy) is 2. The van der Waals surface area contributed by atoms with Crippen molar-refractivity contribution in [2.24, 2.45) is 0 Å². The third kappa shape index (κ3) is 3.73. The van der Waals surface area contributed by atoms with E-state index in [4.69, 9.17) is 26.1 Å². The summed E-state index contributed by atoms with van der Waals surface area (Å²) in [5.74, 6) is 0.583. The molecule has 152 valence electrons. The molecule has 9 heteroatoms. The quantitative estimate of drug-likeness (QED) is 0.448. The Morgan fingerprint density at radius 3 is 2.79 bits per heavy atom. The number of benzene rings is 1. The highest BCUT2D eigenvalue weighted by atomic mass is 35.5. The molecule has 29 heavy (non-hydrogen) atoms. The number of hydrogen-bond donors (Lipinski definition) is 0. The van der Waals surface area contributed by atoms with Crippen LogP contribution in [0.5, 0.6) is 0 Å². The minimum absolute atomic E-state index is 0.0184. The van der Waals surface area contributed by atoms with Gasteiger partial charge >= 0.3 is 0 Å². The fourth-order valence-corrected chi connectivity index (χ4v) is 6.14. The second-order valence-electron chi connectivity index (χ2n) is 7.17. The van der Waals surface area contributed by atoms with E-state index >= 15 is 0 Å². The molecule has 0 amide bonds. The van der Waals surface area contributed by atoms with E-state index in [2.05, 4.69) is 11.9 Å². The smallest absolute Gasteiger partial charge is 0.267 e. The Balaban J connectivity index is 1.65. The van der Waals surface area contributed by atoms with Crippen LogP contribution in [-0.2, 0) is 22.4 Å². The molecule has 1 saturated heterocycles. The largest absolute Gasteiger partial charge is 0.349 e. The third-order valence-electron chi connectivity index (χ3n) is 5.16. The van der Waals surface area contributed by atoms with Gasteiger partial charge in [-0.1, -0.05) is 23.4 Å². The van der Waals surface area contributed by atoms with Gasteiger partial charge in [0.05, 0.1) is 30.0 Å². The van der Waals surface area contributed by atoms with Gasteiger partial charge in [-0.3, -0.25) is 9.36 Å². The summed E-state index contributed by atoms with van der Waals surface area (Å²) in [6, 6.07) is 7.30. The molecule has 2 aromatic heterocycles. The lowest BCUT2D eigenvalue weighted by atomic mass is 10.1. The van der Waals surface area contributed by atoms with Crippen molar-refractivity contribution >= 4 is 44.9 Å². The normalized spacial score (nSPS) is 17.9. The first-order valence-corrected chi connectivity index (χ1v) is 11.7. The summed E-state index contributed by atoms with van der Waals surface area (Å²) in [6.07, 6.45) is 0.607. The SMILES string of the molecule is CN1CCc2c(sc3nc(SCC4OCCO4)n(-c4ccc(Cl)cc4)c(=O)c23)C1. The molecule has 6 nitrogen and oxygen atoms in total. The van der Waals surface area contributed by atoms with E-state index in [1.54, 1.807) is 28.0 Å². The van der Waals surface area contributed by atoms with Crippen molar-refractivity contribution in [2.45, 2.75) is 24.4 Å². The minimum atomic E-state index is -0.267. The van der Waals surface area contributed by atoms with Crippen LogP contribution in [0.15, 0.2) is 34.2 Å². The maximum absolute atomic E-state index is 13.7. The van der Waals surface area contributed by atoms with Crippen LogP contribution in [0.2, 0.25) is 5.02 Å². The molecule has 0 radical (unpaired) electrons. The van der Waals surface area contributed by atoms with Gasteiger partial charge in [0.15, 0.2) is 11.4 Å². The summed E-state index contributed by atoms with van der Waals surface area (Å²) < 4.78 is 12.8. The third-order valence-corrected chi connectivity index (χ3v) is 7.49. The number of hydrogen-bond acceptors (Lipinski definition) is 7. The van der Waals surface area contributed by atoms with Gasteiger partial charge < -0.3 is 14.4 Å². The first kappa shape index (κ1) is 19.5. The van der Waals surface area contributed by atoms with Gasteiger partial charge in [0, 0.05) is 23.0 Å². The number of halogens is 1. The number of thiophene rings is 1. The molecule has 2 aliphatic rings. The second-order valence-corrected chi connectivity index (χ2v) is 9.67. The van der Waals surface area contributed by atoms with Crippen LogP contribution in [0, 0.1) is 0 Å². The summed E-state index contributed by atoms with van der Waals surface area (Å²) in [6.45, 7) is 3.02. The number of aromatic nitrogens is 2. The average Bonchev–Trinajstić information content (AvgIpc) is 3.34. The highest BCUT2D eigenvalue weighted by molar-refractivity contribution is 7.99. The number of nitrogens with zero attached hydrogens (tertiary/aromatic N) is 3. The van der Waals surface area contributed by atoms with E-state index in [0.29, 0.717) is 29.1 Å². The molecule has 3 aromatic rings. The molecule has 0 unspecified atom stereocenters. The van der Waals surface area contributed by atoms with Gasteiger partial charge in [-0.2, -0.15) is 0 Å². The summed E-state index contributed by atoms with van der Waals surface area (Å²) in [4.78, 5) is 22.9. The summed E-state index contributed by atoms with van der Waals surface area (Å²) in [5.41, 5.74) is 1.90. The van der Waals surface area contributed by atoms with Crippen molar-refractivity contribution in [3.63, 3.8) is 0 Å². The highest BCUT2D eigenvalue weighted by Gasteiger charge is 2.25.